The van der Waals surface area contributed by atoms with Crippen LogP contribution in [0.4, 0.5) is 5.69 Å². The molecule has 0 aromatic heterocycles. The number of para-hydroxylation sites is 1. The Bertz CT molecular complexity index is 269. The van der Waals surface area contributed by atoms with Crippen LogP contribution in [0.15, 0.2) is 24.3 Å². The quantitative estimate of drug-likeness (QED) is 0.398. The molecule has 0 atom stereocenters. The first-order valence-corrected chi connectivity index (χ1v) is 9.41. The summed E-state index contributed by atoms with van der Waals surface area (Å²) in [6.07, 6.45) is 0. The molecule has 0 saturated heterocycles. The van der Waals surface area contributed by atoms with Gasteiger partial charge in [-0.2, -0.15) is 0 Å². The van der Waals surface area contributed by atoms with Gasteiger partial charge in [-0.05, 0) is 6.07 Å². The van der Waals surface area contributed by atoms with Crippen molar-refractivity contribution in [3.05, 3.63) is 39.4 Å². The minimum Gasteiger partial charge on any atom is -0.258 e. The summed E-state index contributed by atoms with van der Waals surface area (Å²) in [7, 11) is 0. The summed E-state index contributed by atoms with van der Waals surface area (Å²) in [6.45, 7) is 0. The van der Waals surface area contributed by atoms with Gasteiger partial charge in [-0.1, -0.05) is 23.7 Å². The number of rotatable bonds is 1. The van der Waals surface area contributed by atoms with E-state index in [1.807, 2.05) is 0 Å². The molecule has 1 aromatic carbocycles. The highest BCUT2D eigenvalue weighted by Gasteiger charge is 2.08. The molecule has 3 nitrogen and oxygen atoms in total. The summed E-state index contributed by atoms with van der Waals surface area (Å²) in [5.41, 5.74) is -0.0517. The summed E-state index contributed by atoms with van der Waals surface area (Å²) in [4.78, 5) is 9.63. The minimum atomic E-state index is -0.512. The van der Waals surface area contributed by atoms with Gasteiger partial charge in [-0.25, -0.2) is 0 Å². The molecule has 0 bridgehead atoms. The first-order valence-electron chi connectivity index (χ1n) is 2.75. The fourth-order valence-electron chi connectivity index (χ4n) is 0.600. The van der Waals surface area contributed by atoms with Crippen LogP contribution < -0.4 is 0 Å². The second-order valence-corrected chi connectivity index (χ2v) is 2.12. The van der Waals surface area contributed by atoms with E-state index in [-0.39, 0.29) is 10.7 Å². The van der Waals surface area contributed by atoms with Crippen molar-refractivity contribution in [1.29, 1.82) is 0 Å². The van der Waals surface area contributed by atoms with Crippen LogP contribution in [-0.2, 0) is 0 Å². The van der Waals surface area contributed by atoms with E-state index in [1.54, 1.807) is 12.1 Å². The molecule has 66 valence electrons. The highest BCUT2D eigenvalue weighted by atomic mass is 128. The van der Waals surface area contributed by atoms with Gasteiger partial charge < -0.3 is 0 Å². The number of hydrogen-bond donors (Lipinski definition) is 0. The number of nitrogens with zero attached hydrogens (tertiary/aromatic N) is 1. The number of nitro groups is 1. The third-order valence-electron chi connectivity index (χ3n) is 1.05. The van der Waals surface area contributed by atoms with Crippen molar-refractivity contribution in [1.82, 2.24) is 0 Å². The molecule has 0 aliphatic rings. The van der Waals surface area contributed by atoms with E-state index >= 15 is 0 Å². The molecule has 0 saturated carbocycles. The molecule has 0 radical (unpaired) electrons. The van der Waals surface area contributed by atoms with Crippen molar-refractivity contribution in [3.8, 4) is 0 Å². The number of hydrogen-bond acceptors (Lipinski definition) is 2. The zero-order valence-corrected chi connectivity index (χ0v) is 10.8. The highest BCUT2D eigenvalue weighted by Crippen LogP contribution is 2.21. The topological polar surface area (TPSA) is 43.1 Å². The predicted octanol–water partition coefficient (Wildman–Crippen LogP) is 4.02. The van der Waals surface area contributed by atoms with Crippen LogP contribution in [0.5, 0.6) is 0 Å². The lowest BCUT2D eigenvalue weighted by Gasteiger charge is -1.90. The normalized spacial score (nSPS) is 8.25. The smallest absolute Gasteiger partial charge is 0.258 e. The second kappa shape index (κ2) is 6.84. The van der Waals surface area contributed by atoms with Gasteiger partial charge >= 0.3 is 0 Å². The molecule has 0 aliphatic carbocycles. The Hall–Kier alpha value is 0.370. The van der Waals surface area contributed by atoms with Gasteiger partial charge in [0.1, 0.15) is 5.02 Å². The molecular formula is C6H4ClI2NO2. The zero-order valence-electron chi connectivity index (χ0n) is 5.71. The molecule has 1 aromatic rings. The lowest BCUT2D eigenvalue weighted by atomic mass is 10.3. The van der Waals surface area contributed by atoms with Crippen molar-refractivity contribution in [2.75, 3.05) is 0 Å². The third kappa shape index (κ3) is 3.85. The molecular weight excluding hydrogens is 407 g/mol. The van der Waals surface area contributed by atoms with Crippen molar-refractivity contribution in [2.45, 2.75) is 0 Å². The summed E-state index contributed by atoms with van der Waals surface area (Å²) in [5, 5.41) is 10.3. The minimum absolute atomic E-state index is 0.0517. The van der Waals surface area contributed by atoms with Crippen LogP contribution >= 0.6 is 48.8 Å². The first kappa shape index (κ1) is 12.4. The average molecular weight is 411 g/mol. The Morgan fingerprint density at radius 2 is 1.83 bits per heavy atom. The third-order valence-corrected chi connectivity index (χ3v) is 1.37. The van der Waals surface area contributed by atoms with Crippen LogP contribution in [0.3, 0.4) is 0 Å². The summed E-state index contributed by atoms with van der Waals surface area (Å²) >= 11 is 9.72. The summed E-state index contributed by atoms with van der Waals surface area (Å²) in [5.74, 6) is 0. The van der Waals surface area contributed by atoms with Gasteiger partial charge in [-0.15, -0.1) is 0 Å². The molecule has 0 unspecified atom stereocenters. The standard InChI is InChI=1S/C6H4ClNO2.I2/c7-5-3-1-2-4-6(5)8(9)10;1-2/h1-4H;. The Balaban J connectivity index is 0.000000561. The van der Waals surface area contributed by atoms with Gasteiger partial charge in [0.2, 0.25) is 0 Å². The van der Waals surface area contributed by atoms with E-state index < -0.39 is 4.92 Å². The van der Waals surface area contributed by atoms with E-state index in [0.29, 0.717) is 0 Å². The second-order valence-electron chi connectivity index (χ2n) is 1.71. The van der Waals surface area contributed by atoms with Crippen molar-refractivity contribution >= 4 is 54.5 Å². The lowest BCUT2D eigenvalue weighted by Crippen LogP contribution is -1.87. The number of benzene rings is 1. The van der Waals surface area contributed by atoms with E-state index in [9.17, 15) is 10.1 Å². The fourth-order valence-corrected chi connectivity index (χ4v) is 0.805. The highest BCUT2D eigenvalue weighted by molar-refractivity contribution is 15.0. The predicted molar refractivity (Wildman–Crippen MR) is 66.1 cm³/mol. The average Bonchev–Trinajstić information content (AvgIpc) is 2.08. The number of nitro benzene ring substituents is 1. The maximum Gasteiger partial charge on any atom is 0.287 e. The van der Waals surface area contributed by atoms with Crippen LogP contribution in [-0.4, -0.2) is 4.92 Å². The van der Waals surface area contributed by atoms with Crippen molar-refractivity contribution in [2.24, 2.45) is 0 Å². The number of halogens is 3. The van der Waals surface area contributed by atoms with E-state index in [1.165, 1.54) is 12.1 Å². The Kier molecular flexibility index (Phi) is 7.05. The van der Waals surface area contributed by atoms with E-state index in [0.717, 1.165) is 0 Å². The van der Waals surface area contributed by atoms with Crippen LogP contribution in [0.25, 0.3) is 0 Å². The molecule has 0 amide bonds. The van der Waals surface area contributed by atoms with Gasteiger partial charge in [0.25, 0.3) is 5.69 Å². The zero-order chi connectivity index (χ0) is 9.56. The van der Waals surface area contributed by atoms with E-state index in [2.05, 4.69) is 37.2 Å². The maximum atomic E-state index is 10.1. The molecule has 12 heavy (non-hydrogen) atoms. The van der Waals surface area contributed by atoms with Gasteiger partial charge in [0.05, 0.1) is 4.92 Å². The molecule has 0 fully saturated rings. The Morgan fingerprint density at radius 3 is 2.17 bits per heavy atom. The monoisotopic (exact) mass is 411 g/mol. The van der Waals surface area contributed by atoms with Crippen LogP contribution in [0.1, 0.15) is 0 Å². The summed E-state index contributed by atoms with van der Waals surface area (Å²) in [6, 6.07) is 6.07. The molecule has 1 rings (SSSR count). The lowest BCUT2D eigenvalue weighted by molar-refractivity contribution is -0.384. The van der Waals surface area contributed by atoms with Gasteiger partial charge in [0, 0.05) is 43.3 Å². The first-order chi connectivity index (χ1) is 5.72. The molecule has 0 aliphatic heterocycles. The molecule has 6 heteroatoms. The Morgan fingerprint density at radius 1 is 1.33 bits per heavy atom. The van der Waals surface area contributed by atoms with Crippen LogP contribution in [0.2, 0.25) is 5.02 Å². The van der Waals surface area contributed by atoms with Crippen LogP contribution in [0, 0.1) is 10.1 Å². The molecule has 0 N–H and O–H groups in total. The van der Waals surface area contributed by atoms with Crippen molar-refractivity contribution < 1.29 is 4.92 Å². The maximum absolute atomic E-state index is 10.1. The van der Waals surface area contributed by atoms with E-state index in [4.69, 9.17) is 11.6 Å². The van der Waals surface area contributed by atoms with Crippen molar-refractivity contribution in [3.63, 3.8) is 0 Å². The fraction of sp³-hybridized carbons (Fsp3) is 0. The largest absolute Gasteiger partial charge is 0.287 e. The SMILES string of the molecule is II.O=[N+]([O-])c1ccccc1Cl. The Labute approximate surface area is 98.0 Å². The molecule has 0 heterocycles. The van der Waals surface area contributed by atoms with Gasteiger partial charge in [0.15, 0.2) is 0 Å². The summed E-state index contributed by atoms with van der Waals surface area (Å²) < 4.78 is 0. The molecule has 0 spiro atoms. The van der Waals surface area contributed by atoms with Gasteiger partial charge in [-0.3, -0.25) is 10.1 Å².